The van der Waals surface area contributed by atoms with E-state index < -0.39 is 11.6 Å². The van der Waals surface area contributed by atoms with Gasteiger partial charge in [-0.05, 0) is 63.2 Å². The average Bonchev–Trinajstić information content (AvgIpc) is 3.41. The second-order valence-electron chi connectivity index (χ2n) is 7.92. The number of likely N-dealkylation sites (N-methyl/N-ethyl adjacent to an activating group) is 1. The molecular weight excluding hydrogens is 388 g/mol. The molecule has 0 spiro atoms. The summed E-state index contributed by atoms with van der Waals surface area (Å²) >= 11 is 0. The van der Waals surface area contributed by atoms with Gasteiger partial charge in [0.2, 0.25) is 0 Å². The highest BCUT2D eigenvalue weighted by Crippen LogP contribution is 2.32. The number of carbonyl (C=O) groups is 1. The van der Waals surface area contributed by atoms with Gasteiger partial charge in [-0.15, -0.1) is 0 Å². The van der Waals surface area contributed by atoms with E-state index in [1.807, 2.05) is 43.7 Å². The summed E-state index contributed by atoms with van der Waals surface area (Å²) in [6, 6.07) is 9.15. The van der Waals surface area contributed by atoms with Crippen LogP contribution in [0.1, 0.15) is 45.5 Å². The number of likely N-dealkylation sites (tertiary alicyclic amines) is 1. The fraction of sp³-hybridized carbons (Fsp3) is 0.348. The lowest BCUT2D eigenvalue weighted by Gasteiger charge is -2.26. The summed E-state index contributed by atoms with van der Waals surface area (Å²) in [7, 11) is 1.92. The van der Waals surface area contributed by atoms with E-state index in [2.05, 4.69) is 10.2 Å². The number of carbonyl (C=O) groups excluding carboxylic acids is 1. The van der Waals surface area contributed by atoms with Gasteiger partial charge in [0.1, 0.15) is 5.76 Å². The summed E-state index contributed by atoms with van der Waals surface area (Å²) in [5.41, 5.74) is 3.09. The predicted octanol–water partition coefficient (Wildman–Crippen LogP) is 4.20. The molecule has 30 heavy (non-hydrogen) atoms. The third kappa shape index (κ3) is 3.77. The third-order valence-electron chi connectivity index (χ3n) is 5.96. The Kier molecular flexibility index (Phi) is 5.47. The van der Waals surface area contributed by atoms with Gasteiger partial charge in [-0.2, -0.15) is 0 Å². The molecule has 0 bridgehead atoms. The van der Waals surface area contributed by atoms with Crippen LogP contribution in [0.5, 0.6) is 0 Å². The Morgan fingerprint density at radius 2 is 2.00 bits per heavy atom. The molecule has 3 heterocycles. The average molecular weight is 413 g/mol. The van der Waals surface area contributed by atoms with Crippen molar-refractivity contribution in [3.63, 3.8) is 0 Å². The van der Waals surface area contributed by atoms with Gasteiger partial charge in [0, 0.05) is 17.9 Å². The van der Waals surface area contributed by atoms with Crippen LogP contribution in [0.15, 0.2) is 47.1 Å². The smallest absolute Gasteiger partial charge is 0.253 e. The van der Waals surface area contributed by atoms with Gasteiger partial charge < -0.3 is 14.3 Å². The van der Waals surface area contributed by atoms with Crippen LogP contribution in [0.3, 0.4) is 0 Å². The Morgan fingerprint density at radius 3 is 2.70 bits per heavy atom. The molecule has 1 amide bonds. The van der Waals surface area contributed by atoms with Crippen molar-refractivity contribution in [1.82, 2.24) is 14.8 Å². The van der Waals surface area contributed by atoms with Gasteiger partial charge in [0.25, 0.3) is 5.91 Å². The van der Waals surface area contributed by atoms with Crippen molar-refractivity contribution < 1.29 is 18.0 Å². The largest absolute Gasteiger partial charge is 0.467 e. The van der Waals surface area contributed by atoms with E-state index in [1.54, 1.807) is 12.3 Å². The maximum Gasteiger partial charge on any atom is 0.253 e. The summed E-state index contributed by atoms with van der Waals surface area (Å²) in [4.78, 5) is 15.1. The number of rotatable bonds is 5. The van der Waals surface area contributed by atoms with Crippen LogP contribution >= 0.6 is 0 Å². The molecule has 1 saturated heterocycles. The van der Waals surface area contributed by atoms with E-state index in [0.717, 1.165) is 36.2 Å². The highest BCUT2D eigenvalue weighted by atomic mass is 19.2. The van der Waals surface area contributed by atoms with E-state index in [9.17, 15) is 13.6 Å². The number of benzene rings is 1. The van der Waals surface area contributed by atoms with Gasteiger partial charge in [-0.1, -0.05) is 6.07 Å². The maximum absolute atomic E-state index is 13.8. The molecule has 0 radical (unpaired) electrons. The number of furan rings is 1. The fourth-order valence-electron chi connectivity index (χ4n) is 4.36. The highest BCUT2D eigenvalue weighted by Gasteiger charge is 2.35. The summed E-state index contributed by atoms with van der Waals surface area (Å²) in [6.45, 7) is 5.19. The molecule has 2 atom stereocenters. The van der Waals surface area contributed by atoms with Crippen LogP contribution in [0.25, 0.3) is 0 Å². The Bertz CT molecular complexity index is 1060. The number of aryl methyl sites for hydroxylation is 1. The zero-order valence-electron chi connectivity index (χ0n) is 17.3. The van der Waals surface area contributed by atoms with Crippen LogP contribution in [0, 0.1) is 25.5 Å². The van der Waals surface area contributed by atoms with Crippen LogP contribution in [0.4, 0.5) is 8.78 Å². The number of hydrogen-bond donors (Lipinski definition) is 1. The van der Waals surface area contributed by atoms with E-state index in [4.69, 9.17) is 4.42 Å². The fourth-order valence-corrected chi connectivity index (χ4v) is 4.36. The molecule has 158 valence electrons. The van der Waals surface area contributed by atoms with Crippen molar-refractivity contribution in [1.29, 1.82) is 0 Å². The predicted molar refractivity (Wildman–Crippen MR) is 109 cm³/mol. The molecule has 1 aliphatic rings. The van der Waals surface area contributed by atoms with Crippen LogP contribution < -0.4 is 5.32 Å². The van der Waals surface area contributed by atoms with Crippen molar-refractivity contribution in [3.8, 4) is 0 Å². The van der Waals surface area contributed by atoms with Crippen molar-refractivity contribution in [2.75, 3.05) is 13.6 Å². The summed E-state index contributed by atoms with van der Waals surface area (Å²) < 4.78 is 34.6. The van der Waals surface area contributed by atoms with Crippen LogP contribution in [-0.2, 0) is 6.54 Å². The number of hydrogen-bond acceptors (Lipinski definition) is 3. The molecule has 1 fully saturated rings. The lowest BCUT2D eigenvalue weighted by atomic mass is 9.99. The van der Waals surface area contributed by atoms with Gasteiger partial charge in [0.05, 0.1) is 30.5 Å². The Hall–Kier alpha value is -2.93. The zero-order valence-corrected chi connectivity index (χ0v) is 17.3. The van der Waals surface area contributed by atoms with Crippen molar-refractivity contribution >= 4 is 5.91 Å². The number of nitrogens with zero attached hydrogens (tertiary/aromatic N) is 2. The molecule has 7 heteroatoms. The minimum atomic E-state index is -0.876. The van der Waals surface area contributed by atoms with Crippen LogP contribution in [0.2, 0.25) is 0 Å². The van der Waals surface area contributed by atoms with Crippen LogP contribution in [-0.4, -0.2) is 35.0 Å². The van der Waals surface area contributed by atoms with Gasteiger partial charge in [0.15, 0.2) is 11.6 Å². The normalized spacial score (nSPS) is 19.4. The molecule has 1 N–H and O–H groups in total. The Labute approximate surface area is 174 Å². The molecule has 3 aromatic rings. The first-order valence-electron chi connectivity index (χ1n) is 10.0. The molecule has 2 aromatic heterocycles. The topological polar surface area (TPSA) is 50.4 Å². The van der Waals surface area contributed by atoms with Gasteiger partial charge >= 0.3 is 0 Å². The minimum absolute atomic E-state index is 0.165. The molecule has 0 saturated carbocycles. The molecule has 1 aromatic carbocycles. The molecule has 0 unspecified atom stereocenters. The monoisotopic (exact) mass is 413 g/mol. The van der Waals surface area contributed by atoms with E-state index in [0.29, 0.717) is 17.7 Å². The summed E-state index contributed by atoms with van der Waals surface area (Å²) in [6.07, 6.45) is 2.36. The molecule has 4 rings (SSSR count). The standard InChI is InChI=1S/C23H25F2N3O2/c1-14-11-18(15(2)28(14)13-17-5-4-10-30-17)23(29)26-21-8-9-27(3)22(21)16-6-7-19(24)20(25)12-16/h4-7,10-12,21-22H,8-9,13H2,1-3H3,(H,26,29)/t21-,22+/m0/s1. The minimum Gasteiger partial charge on any atom is -0.467 e. The lowest BCUT2D eigenvalue weighted by Crippen LogP contribution is -2.39. The van der Waals surface area contributed by atoms with Crippen molar-refractivity contribution in [3.05, 3.63) is 82.6 Å². The molecular formula is C23H25F2N3O2. The molecule has 1 aliphatic heterocycles. The van der Waals surface area contributed by atoms with E-state index >= 15 is 0 Å². The zero-order chi connectivity index (χ0) is 21.4. The third-order valence-corrected chi connectivity index (χ3v) is 5.96. The van der Waals surface area contributed by atoms with Gasteiger partial charge in [-0.3, -0.25) is 9.69 Å². The Balaban J connectivity index is 1.55. The van der Waals surface area contributed by atoms with Gasteiger partial charge in [-0.25, -0.2) is 8.78 Å². The Morgan fingerprint density at radius 1 is 1.20 bits per heavy atom. The SMILES string of the molecule is Cc1cc(C(=O)N[C@H]2CCN(C)[C@@H]2c2ccc(F)c(F)c2)c(C)n1Cc1ccco1. The summed E-state index contributed by atoms with van der Waals surface area (Å²) in [5, 5.41) is 3.11. The van der Waals surface area contributed by atoms with Crippen molar-refractivity contribution in [2.45, 2.75) is 38.9 Å². The second-order valence-corrected chi connectivity index (χ2v) is 7.92. The van der Waals surface area contributed by atoms with E-state index in [1.165, 1.54) is 6.07 Å². The first-order chi connectivity index (χ1) is 14.3. The number of halogens is 2. The highest BCUT2D eigenvalue weighted by molar-refractivity contribution is 5.96. The van der Waals surface area contributed by atoms with E-state index in [-0.39, 0.29) is 18.0 Å². The molecule has 5 nitrogen and oxygen atoms in total. The number of nitrogens with one attached hydrogen (secondary N) is 1. The quantitative estimate of drug-likeness (QED) is 0.682. The molecule has 0 aliphatic carbocycles. The first kappa shape index (κ1) is 20.3. The second kappa shape index (κ2) is 8.07. The summed E-state index contributed by atoms with van der Waals surface area (Å²) in [5.74, 6) is -1.09. The lowest BCUT2D eigenvalue weighted by molar-refractivity contribution is 0.0927. The van der Waals surface area contributed by atoms with Crippen molar-refractivity contribution in [2.24, 2.45) is 0 Å². The first-order valence-corrected chi connectivity index (χ1v) is 10.0. The number of amides is 1. The number of aromatic nitrogens is 1. The maximum atomic E-state index is 13.8.